The number of hydrogen-bond donors (Lipinski definition) is 3. The SMILES string of the molecule is CCNC(=NCc1cccc(OC)c1O)NC(C)c1cccc(C(F)(F)F)c1.I. The summed E-state index contributed by atoms with van der Waals surface area (Å²) in [6.45, 7) is 4.39. The smallest absolute Gasteiger partial charge is 0.416 e. The third kappa shape index (κ3) is 6.98. The number of alkyl halides is 3. The molecule has 1 unspecified atom stereocenters. The number of ether oxygens (including phenoxy) is 1. The minimum Gasteiger partial charge on any atom is -0.504 e. The minimum atomic E-state index is -4.39. The van der Waals surface area contributed by atoms with Crippen LogP contribution in [-0.4, -0.2) is 24.7 Å². The van der Waals surface area contributed by atoms with Gasteiger partial charge in [0.15, 0.2) is 17.5 Å². The molecule has 0 bridgehead atoms. The Morgan fingerprint density at radius 3 is 2.52 bits per heavy atom. The van der Waals surface area contributed by atoms with E-state index in [-0.39, 0.29) is 36.3 Å². The molecule has 0 aliphatic heterocycles. The number of phenolic OH excluding ortho intramolecular Hbond substituents is 1. The number of halogens is 4. The van der Waals surface area contributed by atoms with E-state index in [2.05, 4.69) is 15.6 Å². The average Bonchev–Trinajstić information content (AvgIpc) is 2.66. The monoisotopic (exact) mass is 523 g/mol. The third-order valence-electron chi connectivity index (χ3n) is 4.12. The second-order valence-corrected chi connectivity index (χ2v) is 6.15. The highest BCUT2D eigenvalue weighted by atomic mass is 127. The minimum absolute atomic E-state index is 0. The van der Waals surface area contributed by atoms with Gasteiger partial charge in [0.05, 0.1) is 25.3 Å². The molecule has 0 aromatic heterocycles. The summed E-state index contributed by atoms with van der Waals surface area (Å²) in [5.41, 5.74) is 0.370. The van der Waals surface area contributed by atoms with Crippen molar-refractivity contribution in [1.29, 1.82) is 0 Å². The Labute approximate surface area is 185 Å². The van der Waals surface area contributed by atoms with Crippen molar-refractivity contribution in [3.05, 3.63) is 59.2 Å². The standard InChI is InChI=1S/C20H24F3N3O2.HI/c1-4-24-19(25-12-15-8-6-10-17(28-3)18(15)27)26-13(2)14-7-5-9-16(11-14)20(21,22)23;/h5-11,13,27H,4,12H2,1-3H3,(H2,24,25,26);1H. The first-order chi connectivity index (χ1) is 13.3. The molecule has 0 spiro atoms. The highest BCUT2D eigenvalue weighted by molar-refractivity contribution is 14.0. The quantitative estimate of drug-likeness (QED) is 0.288. The molecule has 3 N–H and O–H groups in total. The van der Waals surface area contributed by atoms with Crippen LogP contribution in [0.15, 0.2) is 47.5 Å². The predicted octanol–water partition coefficient (Wildman–Crippen LogP) is 4.85. The van der Waals surface area contributed by atoms with Crippen molar-refractivity contribution in [3.63, 3.8) is 0 Å². The van der Waals surface area contributed by atoms with Gasteiger partial charge in [-0.3, -0.25) is 0 Å². The van der Waals surface area contributed by atoms with E-state index in [1.165, 1.54) is 13.2 Å². The molecule has 160 valence electrons. The number of nitrogens with zero attached hydrogens (tertiary/aromatic N) is 1. The van der Waals surface area contributed by atoms with E-state index in [0.29, 0.717) is 29.4 Å². The summed E-state index contributed by atoms with van der Waals surface area (Å²) in [5, 5.41) is 16.3. The fourth-order valence-electron chi connectivity index (χ4n) is 2.62. The highest BCUT2D eigenvalue weighted by Crippen LogP contribution is 2.31. The summed E-state index contributed by atoms with van der Waals surface area (Å²) >= 11 is 0. The van der Waals surface area contributed by atoms with Gasteiger partial charge >= 0.3 is 6.18 Å². The maximum Gasteiger partial charge on any atom is 0.416 e. The molecule has 2 rings (SSSR count). The zero-order valence-electron chi connectivity index (χ0n) is 16.4. The summed E-state index contributed by atoms with van der Waals surface area (Å²) in [6.07, 6.45) is -4.39. The van der Waals surface area contributed by atoms with Crippen molar-refractivity contribution in [2.45, 2.75) is 32.6 Å². The Balaban J connectivity index is 0.00000420. The van der Waals surface area contributed by atoms with Gasteiger partial charge in [0.2, 0.25) is 0 Å². The lowest BCUT2D eigenvalue weighted by Crippen LogP contribution is -2.38. The van der Waals surface area contributed by atoms with Crippen LogP contribution in [0.3, 0.4) is 0 Å². The summed E-state index contributed by atoms with van der Waals surface area (Å²) in [6, 6.07) is 9.88. The molecule has 0 heterocycles. The van der Waals surface area contributed by atoms with E-state index >= 15 is 0 Å². The first-order valence-electron chi connectivity index (χ1n) is 8.83. The molecule has 2 aromatic carbocycles. The molecule has 0 aliphatic carbocycles. The number of aromatic hydroxyl groups is 1. The first kappa shape index (κ1) is 24.9. The molecule has 9 heteroatoms. The first-order valence-corrected chi connectivity index (χ1v) is 8.83. The molecule has 0 aliphatic rings. The highest BCUT2D eigenvalue weighted by Gasteiger charge is 2.30. The van der Waals surface area contributed by atoms with Gasteiger partial charge in [-0.25, -0.2) is 4.99 Å². The fraction of sp³-hybridized carbons (Fsp3) is 0.350. The molecule has 0 fully saturated rings. The molecular formula is C20H25F3IN3O2. The van der Waals surface area contributed by atoms with E-state index in [4.69, 9.17) is 4.74 Å². The van der Waals surface area contributed by atoms with Crippen molar-refractivity contribution >= 4 is 29.9 Å². The van der Waals surface area contributed by atoms with Crippen LogP contribution in [0.25, 0.3) is 0 Å². The summed E-state index contributed by atoms with van der Waals surface area (Å²) < 4.78 is 43.9. The Hall–Kier alpha value is -2.17. The Kier molecular flexibility index (Phi) is 9.54. The average molecular weight is 523 g/mol. The zero-order chi connectivity index (χ0) is 20.7. The van der Waals surface area contributed by atoms with Crippen LogP contribution in [0.2, 0.25) is 0 Å². The number of guanidine groups is 1. The van der Waals surface area contributed by atoms with Gasteiger partial charge < -0.3 is 20.5 Å². The molecular weight excluding hydrogens is 498 g/mol. The summed E-state index contributed by atoms with van der Waals surface area (Å²) in [5.74, 6) is 0.785. The molecule has 29 heavy (non-hydrogen) atoms. The zero-order valence-corrected chi connectivity index (χ0v) is 18.7. The van der Waals surface area contributed by atoms with Crippen molar-refractivity contribution in [2.75, 3.05) is 13.7 Å². The topological polar surface area (TPSA) is 65.9 Å². The third-order valence-corrected chi connectivity index (χ3v) is 4.12. The second kappa shape index (κ2) is 11.1. The largest absolute Gasteiger partial charge is 0.504 e. The number of aliphatic imine (C=N–C) groups is 1. The van der Waals surface area contributed by atoms with E-state index < -0.39 is 17.8 Å². The van der Waals surface area contributed by atoms with Gasteiger partial charge in [0.1, 0.15) is 0 Å². The van der Waals surface area contributed by atoms with Crippen LogP contribution < -0.4 is 15.4 Å². The lowest BCUT2D eigenvalue weighted by atomic mass is 10.1. The number of benzene rings is 2. The molecule has 5 nitrogen and oxygen atoms in total. The fourth-order valence-corrected chi connectivity index (χ4v) is 2.62. The Morgan fingerprint density at radius 2 is 1.90 bits per heavy atom. The molecule has 2 aromatic rings. The van der Waals surface area contributed by atoms with Crippen molar-refractivity contribution in [2.24, 2.45) is 4.99 Å². The van der Waals surface area contributed by atoms with Crippen LogP contribution in [-0.2, 0) is 12.7 Å². The van der Waals surface area contributed by atoms with Gasteiger partial charge in [-0.2, -0.15) is 13.2 Å². The van der Waals surface area contributed by atoms with Crippen molar-refractivity contribution in [1.82, 2.24) is 10.6 Å². The number of para-hydroxylation sites is 1. The number of hydrogen-bond acceptors (Lipinski definition) is 3. The number of rotatable bonds is 6. The van der Waals surface area contributed by atoms with Gasteiger partial charge in [0, 0.05) is 12.1 Å². The predicted molar refractivity (Wildman–Crippen MR) is 118 cm³/mol. The normalized spacial score (nSPS) is 12.7. The van der Waals surface area contributed by atoms with Gasteiger partial charge in [-0.05, 0) is 37.6 Å². The van der Waals surface area contributed by atoms with Crippen LogP contribution in [0.1, 0.15) is 36.6 Å². The van der Waals surface area contributed by atoms with Crippen molar-refractivity contribution in [3.8, 4) is 11.5 Å². The van der Waals surface area contributed by atoms with Crippen LogP contribution in [0, 0.1) is 0 Å². The molecule has 0 saturated carbocycles. The van der Waals surface area contributed by atoms with Crippen LogP contribution in [0.4, 0.5) is 13.2 Å². The van der Waals surface area contributed by atoms with E-state index in [1.54, 1.807) is 31.2 Å². The molecule has 0 amide bonds. The Morgan fingerprint density at radius 1 is 1.21 bits per heavy atom. The number of phenols is 1. The van der Waals surface area contributed by atoms with Gasteiger partial charge in [-0.15, -0.1) is 24.0 Å². The van der Waals surface area contributed by atoms with Crippen molar-refractivity contribution < 1.29 is 23.0 Å². The summed E-state index contributed by atoms with van der Waals surface area (Å²) in [4.78, 5) is 4.41. The molecule has 1 atom stereocenters. The molecule has 0 saturated heterocycles. The number of methoxy groups -OCH3 is 1. The van der Waals surface area contributed by atoms with Gasteiger partial charge in [0.25, 0.3) is 0 Å². The van der Waals surface area contributed by atoms with E-state index in [9.17, 15) is 18.3 Å². The lowest BCUT2D eigenvalue weighted by Gasteiger charge is -2.19. The maximum atomic E-state index is 12.9. The van der Waals surface area contributed by atoms with Crippen LogP contribution in [0.5, 0.6) is 11.5 Å². The second-order valence-electron chi connectivity index (χ2n) is 6.15. The van der Waals surface area contributed by atoms with Crippen LogP contribution >= 0.6 is 24.0 Å². The Bertz CT molecular complexity index is 829. The summed E-state index contributed by atoms with van der Waals surface area (Å²) in [7, 11) is 1.46. The molecule has 0 radical (unpaired) electrons. The van der Waals surface area contributed by atoms with Gasteiger partial charge in [-0.1, -0.05) is 24.3 Å². The van der Waals surface area contributed by atoms with E-state index in [0.717, 1.165) is 12.1 Å². The lowest BCUT2D eigenvalue weighted by molar-refractivity contribution is -0.137. The maximum absolute atomic E-state index is 12.9. The number of nitrogens with one attached hydrogen (secondary N) is 2. The van der Waals surface area contributed by atoms with E-state index in [1.807, 2.05) is 6.92 Å².